The summed E-state index contributed by atoms with van der Waals surface area (Å²) in [6.45, 7) is 1.77. The highest BCUT2D eigenvalue weighted by atomic mass is 19.4. The molecule has 0 saturated heterocycles. The molecule has 0 aromatic heterocycles. The van der Waals surface area contributed by atoms with E-state index in [1.807, 2.05) is 0 Å². The maximum Gasteiger partial charge on any atom is 0.416 e. The highest BCUT2D eigenvalue weighted by Crippen LogP contribution is 2.31. The minimum atomic E-state index is -4.37. The van der Waals surface area contributed by atoms with Gasteiger partial charge in [-0.25, -0.2) is 4.79 Å². The van der Waals surface area contributed by atoms with Crippen molar-refractivity contribution in [2.75, 3.05) is 12.4 Å². The van der Waals surface area contributed by atoms with Crippen LogP contribution in [0.3, 0.4) is 0 Å². The Bertz CT molecular complexity index is 727. The number of nitrogens with one attached hydrogen (secondary N) is 1. The van der Waals surface area contributed by atoms with Gasteiger partial charge in [-0.2, -0.15) is 13.2 Å². The van der Waals surface area contributed by atoms with Gasteiger partial charge in [-0.1, -0.05) is 12.1 Å². The summed E-state index contributed by atoms with van der Waals surface area (Å²) in [5.41, 5.74) is 0.467. The molecule has 24 heavy (non-hydrogen) atoms. The van der Waals surface area contributed by atoms with Crippen LogP contribution in [-0.2, 0) is 10.9 Å². The normalized spacial score (nSPS) is 12.5. The molecule has 1 unspecified atom stereocenters. The van der Waals surface area contributed by atoms with Crippen LogP contribution in [0.2, 0.25) is 0 Å². The van der Waals surface area contributed by atoms with Crippen LogP contribution < -0.4 is 5.32 Å². The number of alkyl halides is 3. The van der Waals surface area contributed by atoms with Crippen molar-refractivity contribution in [2.45, 2.75) is 19.1 Å². The molecule has 0 aliphatic carbocycles. The van der Waals surface area contributed by atoms with Crippen LogP contribution in [0.15, 0.2) is 42.5 Å². The molecule has 0 fully saturated rings. The Balaban J connectivity index is 2.17. The summed E-state index contributed by atoms with van der Waals surface area (Å²) >= 11 is 0. The first-order valence-corrected chi connectivity index (χ1v) is 7.07. The van der Waals surface area contributed by atoms with Gasteiger partial charge in [-0.3, -0.25) is 0 Å². The first-order valence-electron chi connectivity index (χ1n) is 7.07. The second kappa shape index (κ2) is 6.82. The Morgan fingerprint density at radius 3 is 2.33 bits per heavy atom. The molecule has 7 heteroatoms. The Morgan fingerprint density at radius 2 is 1.79 bits per heavy atom. The third kappa shape index (κ3) is 3.98. The van der Waals surface area contributed by atoms with Crippen molar-refractivity contribution in [1.29, 1.82) is 0 Å². The minimum Gasteiger partial charge on any atom is -0.507 e. The Labute approximate surface area is 136 Å². The van der Waals surface area contributed by atoms with Gasteiger partial charge in [-0.15, -0.1) is 0 Å². The van der Waals surface area contributed by atoms with Crippen LogP contribution in [-0.4, -0.2) is 18.2 Å². The van der Waals surface area contributed by atoms with Gasteiger partial charge in [0.2, 0.25) is 0 Å². The zero-order chi connectivity index (χ0) is 17.9. The van der Waals surface area contributed by atoms with E-state index in [0.717, 1.165) is 12.1 Å². The summed E-state index contributed by atoms with van der Waals surface area (Å²) in [6, 6.07) is 8.83. The van der Waals surface area contributed by atoms with Gasteiger partial charge in [0.15, 0.2) is 0 Å². The van der Waals surface area contributed by atoms with Crippen LogP contribution >= 0.6 is 0 Å². The monoisotopic (exact) mass is 339 g/mol. The third-order valence-electron chi connectivity index (χ3n) is 3.52. The van der Waals surface area contributed by atoms with Gasteiger partial charge in [0.05, 0.1) is 12.7 Å². The number of esters is 1. The number of carbonyl (C=O) groups is 1. The van der Waals surface area contributed by atoms with Crippen molar-refractivity contribution in [2.24, 2.45) is 0 Å². The van der Waals surface area contributed by atoms with Crippen molar-refractivity contribution in [1.82, 2.24) is 0 Å². The zero-order valence-corrected chi connectivity index (χ0v) is 13.0. The summed E-state index contributed by atoms with van der Waals surface area (Å²) in [6.07, 6.45) is -4.37. The highest BCUT2D eigenvalue weighted by molar-refractivity contribution is 5.93. The van der Waals surface area contributed by atoms with Gasteiger partial charge >= 0.3 is 12.1 Å². The molecule has 0 amide bonds. The number of hydrogen-bond acceptors (Lipinski definition) is 4. The number of benzene rings is 2. The number of phenolic OH excluding ortho intramolecular Hbond substituents is 1. The molecule has 2 N–H and O–H groups in total. The fourth-order valence-corrected chi connectivity index (χ4v) is 2.19. The number of rotatable bonds is 4. The predicted octanol–water partition coefficient (Wildman–Crippen LogP) is 4.37. The van der Waals surface area contributed by atoms with Crippen molar-refractivity contribution < 1.29 is 27.8 Å². The Hall–Kier alpha value is -2.70. The third-order valence-corrected chi connectivity index (χ3v) is 3.52. The van der Waals surface area contributed by atoms with Crippen molar-refractivity contribution in [3.05, 3.63) is 59.2 Å². The second-order valence-electron chi connectivity index (χ2n) is 5.21. The van der Waals surface area contributed by atoms with Gasteiger partial charge in [0.25, 0.3) is 0 Å². The SMILES string of the molecule is COC(=O)c1cc(NC(C)c2ccc(C(F)(F)F)cc2)ccc1O. The summed E-state index contributed by atoms with van der Waals surface area (Å²) in [5, 5.41) is 12.7. The molecular formula is C17H16F3NO3. The van der Waals surface area contributed by atoms with Gasteiger partial charge < -0.3 is 15.2 Å². The Kier molecular flexibility index (Phi) is 5.02. The number of methoxy groups -OCH3 is 1. The number of hydrogen-bond donors (Lipinski definition) is 2. The van der Waals surface area contributed by atoms with E-state index in [0.29, 0.717) is 11.3 Å². The molecule has 2 rings (SSSR count). The van der Waals surface area contributed by atoms with Crippen LogP contribution in [0.25, 0.3) is 0 Å². The summed E-state index contributed by atoms with van der Waals surface area (Å²) in [4.78, 5) is 11.6. The van der Waals surface area contributed by atoms with Crippen LogP contribution in [0.4, 0.5) is 18.9 Å². The van der Waals surface area contributed by atoms with E-state index in [1.165, 1.54) is 31.4 Å². The molecule has 2 aromatic carbocycles. The first kappa shape index (κ1) is 17.7. The van der Waals surface area contributed by atoms with Crippen LogP contribution in [0.5, 0.6) is 5.75 Å². The quantitative estimate of drug-likeness (QED) is 0.641. The lowest BCUT2D eigenvalue weighted by Gasteiger charge is -2.17. The molecular weight excluding hydrogens is 323 g/mol. The maximum atomic E-state index is 12.6. The second-order valence-corrected chi connectivity index (χ2v) is 5.21. The first-order chi connectivity index (χ1) is 11.2. The summed E-state index contributed by atoms with van der Waals surface area (Å²) < 4.78 is 42.3. The smallest absolute Gasteiger partial charge is 0.416 e. The fourth-order valence-electron chi connectivity index (χ4n) is 2.19. The lowest BCUT2D eigenvalue weighted by atomic mass is 10.1. The number of aromatic hydroxyl groups is 1. The van der Waals surface area contributed by atoms with E-state index >= 15 is 0 Å². The Morgan fingerprint density at radius 1 is 1.17 bits per heavy atom. The van der Waals surface area contributed by atoms with Crippen molar-refractivity contribution >= 4 is 11.7 Å². The van der Waals surface area contributed by atoms with E-state index in [4.69, 9.17) is 0 Å². The number of ether oxygens (including phenoxy) is 1. The molecule has 0 aliphatic rings. The van der Waals surface area contributed by atoms with E-state index in [2.05, 4.69) is 10.1 Å². The van der Waals surface area contributed by atoms with Gasteiger partial charge in [-0.05, 0) is 42.8 Å². The van der Waals surface area contributed by atoms with Gasteiger partial charge in [0.1, 0.15) is 11.3 Å². The molecule has 1 atom stereocenters. The van der Waals surface area contributed by atoms with E-state index in [1.54, 1.807) is 13.0 Å². The van der Waals surface area contributed by atoms with Crippen LogP contribution in [0.1, 0.15) is 34.5 Å². The molecule has 0 heterocycles. The minimum absolute atomic E-state index is 0.00196. The number of halogens is 3. The fraction of sp³-hybridized carbons (Fsp3) is 0.235. The molecule has 0 bridgehead atoms. The average molecular weight is 339 g/mol. The topological polar surface area (TPSA) is 58.6 Å². The standard InChI is InChI=1S/C17H16F3NO3/c1-10(11-3-5-12(6-4-11)17(18,19)20)21-13-7-8-15(22)14(9-13)16(23)24-2/h3-10,21-22H,1-2H3. The number of phenols is 1. The lowest BCUT2D eigenvalue weighted by molar-refractivity contribution is -0.137. The number of anilines is 1. The molecule has 0 radical (unpaired) electrons. The molecule has 4 nitrogen and oxygen atoms in total. The molecule has 0 aliphatic heterocycles. The molecule has 0 saturated carbocycles. The highest BCUT2D eigenvalue weighted by Gasteiger charge is 2.30. The maximum absolute atomic E-state index is 12.6. The molecule has 0 spiro atoms. The molecule has 2 aromatic rings. The van der Waals surface area contributed by atoms with Crippen molar-refractivity contribution in [3.8, 4) is 5.75 Å². The largest absolute Gasteiger partial charge is 0.507 e. The zero-order valence-electron chi connectivity index (χ0n) is 13.0. The van der Waals surface area contributed by atoms with E-state index < -0.39 is 17.7 Å². The van der Waals surface area contributed by atoms with Crippen LogP contribution in [0, 0.1) is 0 Å². The van der Waals surface area contributed by atoms with Gasteiger partial charge in [0, 0.05) is 11.7 Å². The summed E-state index contributed by atoms with van der Waals surface area (Å²) in [5.74, 6) is -0.895. The van der Waals surface area contributed by atoms with Crippen molar-refractivity contribution in [3.63, 3.8) is 0 Å². The number of carbonyl (C=O) groups excluding carboxylic acids is 1. The van der Waals surface area contributed by atoms with E-state index in [9.17, 15) is 23.1 Å². The lowest BCUT2D eigenvalue weighted by Crippen LogP contribution is -2.09. The predicted molar refractivity (Wildman–Crippen MR) is 82.9 cm³/mol. The summed E-state index contributed by atoms with van der Waals surface area (Å²) in [7, 11) is 1.20. The van der Waals surface area contributed by atoms with E-state index in [-0.39, 0.29) is 17.4 Å². The molecule has 128 valence electrons. The average Bonchev–Trinajstić information content (AvgIpc) is 2.55.